The van der Waals surface area contributed by atoms with Gasteiger partial charge in [-0.1, -0.05) is 56.5 Å². The van der Waals surface area contributed by atoms with Gasteiger partial charge in [-0.3, -0.25) is 4.90 Å². The van der Waals surface area contributed by atoms with Gasteiger partial charge in [0.1, 0.15) is 0 Å². The molecule has 0 radical (unpaired) electrons. The highest BCUT2D eigenvalue weighted by Crippen LogP contribution is 2.22. The van der Waals surface area contributed by atoms with Crippen LogP contribution >= 0.6 is 0 Å². The molecule has 0 spiro atoms. The van der Waals surface area contributed by atoms with E-state index in [1.165, 1.54) is 37.7 Å². The summed E-state index contributed by atoms with van der Waals surface area (Å²) in [6.07, 6.45) is 6.85. The average molecular weight is 290 g/mol. The van der Waals surface area contributed by atoms with Crippen LogP contribution in [0.25, 0.3) is 0 Å². The van der Waals surface area contributed by atoms with Gasteiger partial charge in [-0.05, 0) is 31.4 Å². The maximum atomic E-state index is 10.4. The molecule has 0 bridgehead atoms. The summed E-state index contributed by atoms with van der Waals surface area (Å²) >= 11 is 0. The Balaban J connectivity index is 1.84. The van der Waals surface area contributed by atoms with Crippen LogP contribution in [-0.2, 0) is 6.42 Å². The van der Waals surface area contributed by atoms with Crippen molar-refractivity contribution in [3.8, 4) is 0 Å². The second kappa shape index (κ2) is 8.52. The van der Waals surface area contributed by atoms with Crippen LogP contribution in [0.2, 0.25) is 0 Å². The summed E-state index contributed by atoms with van der Waals surface area (Å²) < 4.78 is 0. The van der Waals surface area contributed by atoms with E-state index in [1.54, 1.807) is 0 Å². The van der Waals surface area contributed by atoms with Gasteiger partial charge in [0.05, 0.1) is 6.10 Å². The van der Waals surface area contributed by atoms with Crippen LogP contribution in [0.1, 0.15) is 44.6 Å². The molecule has 0 aromatic heterocycles. The summed E-state index contributed by atoms with van der Waals surface area (Å²) in [5, 5.41) is 10.4. The molecule has 0 amide bonds. The standard InChI is InChI=1S/C18H30N2O/c1-2-20(16-11-7-4-8-12-16)14-18(21)17(19)13-15-9-5-3-6-10-15/h3,5-6,9-10,16-18,21H,2,4,7-8,11-14,19H2,1H3. The van der Waals surface area contributed by atoms with Crippen molar-refractivity contribution in [3.05, 3.63) is 35.9 Å². The van der Waals surface area contributed by atoms with E-state index in [0.717, 1.165) is 13.0 Å². The lowest BCUT2D eigenvalue weighted by Gasteiger charge is -2.35. The Kier molecular flexibility index (Phi) is 6.68. The highest BCUT2D eigenvalue weighted by atomic mass is 16.3. The minimum atomic E-state index is -0.452. The number of nitrogens with two attached hydrogens (primary N) is 1. The third-order valence-electron chi connectivity index (χ3n) is 4.73. The highest BCUT2D eigenvalue weighted by molar-refractivity contribution is 5.16. The normalized spacial score (nSPS) is 19.6. The zero-order chi connectivity index (χ0) is 15.1. The quantitative estimate of drug-likeness (QED) is 0.811. The first kappa shape index (κ1) is 16.5. The molecule has 0 aliphatic heterocycles. The first-order valence-electron chi connectivity index (χ1n) is 8.42. The Morgan fingerprint density at radius 1 is 1.19 bits per heavy atom. The molecular formula is C18H30N2O. The lowest BCUT2D eigenvalue weighted by Crippen LogP contribution is -2.48. The molecule has 3 heteroatoms. The maximum absolute atomic E-state index is 10.4. The van der Waals surface area contributed by atoms with Crippen molar-refractivity contribution in [3.63, 3.8) is 0 Å². The Morgan fingerprint density at radius 3 is 2.48 bits per heavy atom. The minimum absolute atomic E-state index is 0.190. The Morgan fingerprint density at radius 2 is 1.86 bits per heavy atom. The van der Waals surface area contributed by atoms with E-state index in [9.17, 15) is 5.11 Å². The monoisotopic (exact) mass is 290 g/mol. The predicted molar refractivity (Wildman–Crippen MR) is 88.2 cm³/mol. The fourth-order valence-electron chi connectivity index (χ4n) is 3.38. The van der Waals surface area contributed by atoms with Crippen LogP contribution in [0.15, 0.2) is 30.3 Å². The molecule has 2 atom stereocenters. The third-order valence-corrected chi connectivity index (χ3v) is 4.73. The molecule has 1 aromatic carbocycles. The van der Waals surface area contributed by atoms with E-state index in [0.29, 0.717) is 12.6 Å². The van der Waals surface area contributed by atoms with Crippen molar-refractivity contribution in [2.24, 2.45) is 5.73 Å². The number of nitrogens with zero attached hydrogens (tertiary/aromatic N) is 1. The van der Waals surface area contributed by atoms with E-state index in [1.807, 2.05) is 18.2 Å². The Bertz CT molecular complexity index is 389. The molecular weight excluding hydrogens is 260 g/mol. The van der Waals surface area contributed by atoms with Gasteiger partial charge in [0.25, 0.3) is 0 Å². The van der Waals surface area contributed by atoms with Crippen LogP contribution < -0.4 is 5.73 Å². The molecule has 21 heavy (non-hydrogen) atoms. The fraction of sp³-hybridized carbons (Fsp3) is 0.667. The second-order valence-corrected chi connectivity index (χ2v) is 6.30. The van der Waals surface area contributed by atoms with E-state index < -0.39 is 6.10 Å². The summed E-state index contributed by atoms with van der Waals surface area (Å²) in [5.74, 6) is 0. The molecule has 2 rings (SSSR count). The predicted octanol–water partition coefficient (Wildman–Crippen LogP) is 2.57. The van der Waals surface area contributed by atoms with Crippen molar-refractivity contribution in [1.82, 2.24) is 4.90 Å². The van der Waals surface area contributed by atoms with Crippen LogP contribution in [0, 0.1) is 0 Å². The molecule has 0 heterocycles. The van der Waals surface area contributed by atoms with Crippen LogP contribution in [-0.4, -0.2) is 41.3 Å². The highest BCUT2D eigenvalue weighted by Gasteiger charge is 2.24. The van der Waals surface area contributed by atoms with Crippen molar-refractivity contribution < 1.29 is 5.11 Å². The molecule has 118 valence electrons. The molecule has 2 unspecified atom stereocenters. The summed E-state index contributed by atoms with van der Waals surface area (Å²) in [7, 11) is 0. The van der Waals surface area contributed by atoms with Gasteiger partial charge >= 0.3 is 0 Å². The van der Waals surface area contributed by atoms with Gasteiger partial charge in [0, 0.05) is 18.6 Å². The second-order valence-electron chi connectivity index (χ2n) is 6.30. The maximum Gasteiger partial charge on any atom is 0.0821 e. The van der Waals surface area contributed by atoms with Crippen molar-refractivity contribution in [1.29, 1.82) is 0 Å². The summed E-state index contributed by atoms with van der Waals surface area (Å²) in [6.45, 7) is 3.89. The van der Waals surface area contributed by atoms with Crippen molar-refractivity contribution >= 4 is 0 Å². The lowest BCUT2D eigenvalue weighted by molar-refractivity contribution is 0.0617. The Labute approximate surface area is 129 Å². The smallest absolute Gasteiger partial charge is 0.0821 e. The average Bonchev–Trinajstić information content (AvgIpc) is 2.54. The SMILES string of the molecule is CCN(CC(O)C(N)Cc1ccccc1)C1CCCCC1. The van der Waals surface area contributed by atoms with Crippen LogP contribution in [0.3, 0.4) is 0 Å². The molecule has 1 aliphatic carbocycles. The van der Waals surface area contributed by atoms with Crippen molar-refractivity contribution in [2.75, 3.05) is 13.1 Å². The van der Waals surface area contributed by atoms with Gasteiger partial charge in [0.15, 0.2) is 0 Å². The number of aliphatic hydroxyl groups excluding tert-OH is 1. The zero-order valence-electron chi connectivity index (χ0n) is 13.2. The first-order valence-corrected chi connectivity index (χ1v) is 8.42. The fourth-order valence-corrected chi connectivity index (χ4v) is 3.38. The van der Waals surface area contributed by atoms with E-state index >= 15 is 0 Å². The van der Waals surface area contributed by atoms with E-state index in [2.05, 4.69) is 24.0 Å². The van der Waals surface area contributed by atoms with Gasteiger partial charge < -0.3 is 10.8 Å². The summed E-state index contributed by atoms with van der Waals surface area (Å²) in [4.78, 5) is 2.43. The van der Waals surface area contributed by atoms with Gasteiger partial charge in [0.2, 0.25) is 0 Å². The largest absolute Gasteiger partial charge is 0.390 e. The minimum Gasteiger partial charge on any atom is -0.390 e. The molecule has 1 fully saturated rings. The molecule has 0 saturated heterocycles. The van der Waals surface area contributed by atoms with Gasteiger partial charge in [-0.2, -0.15) is 0 Å². The number of hydrogen-bond donors (Lipinski definition) is 2. The van der Waals surface area contributed by atoms with Crippen LogP contribution in [0.4, 0.5) is 0 Å². The number of likely N-dealkylation sites (N-methyl/N-ethyl adjacent to an activating group) is 1. The third kappa shape index (κ3) is 5.10. The summed E-state index contributed by atoms with van der Waals surface area (Å²) in [5.41, 5.74) is 7.40. The molecule has 1 aliphatic rings. The van der Waals surface area contributed by atoms with E-state index in [4.69, 9.17) is 5.73 Å². The van der Waals surface area contributed by atoms with Gasteiger partial charge in [-0.25, -0.2) is 0 Å². The lowest BCUT2D eigenvalue weighted by atomic mass is 9.93. The first-order chi connectivity index (χ1) is 10.2. The Hall–Kier alpha value is -0.900. The molecule has 1 aromatic rings. The molecule has 3 N–H and O–H groups in total. The van der Waals surface area contributed by atoms with Gasteiger partial charge in [-0.15, -0.1) is 0 Å². The van der Waals surface area contributed by atoms with E-state index in [-0.39, 0.29) is 6.04 Å². The number of hydrogen-bond acceptors (Lipinski definition) is 3. The number of benzene rings is 1. The topological polar surface area (TPSA) is 49.5 Å². The number of aliphatic hydroxyl groups is 1. The zero-order valence-corrected chi connectivity index (χ0v) is 13.2. The molecule has 3 nitrogen and oxygen atoms in total. The molecule has 1 saturated carbocycles. The summed E-state index contributed by atoms with van der Waals surface area (Å²) in [6, 6.07) is 10.7. The van der Waals surface area contributed by atoms with Crippen molar-refractivity contribution in [2.45, 2.75) is 63.6 Å². The van der Waals surface area contributed by atoms with Crippen LogP contribution in [0.5, 0.6) is 0 Å². The number of rotatable bonds is 7.